The molecule has 122 valence electrons. The van der Waals surface area contributed by atoms with Gasteiger partial charge < -0.3 is 10.1 Å². The third kappa shape index (κ3) is 4.62. The summed E-state index contributed by atoms with van der Waals surface area (Å²) in [5, 5.41) is 2.80. The number of benzene rings is 1. The number of amides is 1. The molecule has 7 heteroatoms. The Bertz CT molecular complexity index is 639. The van der Waals surface area contributed by atoms with E-state index in [4.69, 9.17) is 4.74 Å². The number of nitrogens with one attached hydrogen (secondary N) is 1. The number of hydrogen-bond acceptors (Lipinski definition) is 4. The lowest BCUT2D eigenvalue weighted by Crippen LogP contribution is -2.41. The lowest BCUT2D eigenvalue weighted by atomic mass is 10.3. The van der Waals surface area contributed by atoms with E-state index in [1.807, 2.05) is 13.8 Å². The second kappa shape index (κ2) is 6.56. The number of carbonyl (C=O) groups excluding carboxylic acids is 1. The quantitative estimate of drug-likeness (QED) is 0.824. The van der Waals surface area contributed by atoms with Crippen molar-refractivity contribution in [2.75, 3.05) is 17.1 Å². The Morgan fingerprint density at radius 2 is 2.00 bits per heavy atom. The lowest BCUT2D eigenvalue weighted by Gasteiger charge is -2.25. The molecule has 22 heavy (non-hydrogen) atoms. The lowest BCUT2D eigenvalue weighted by molar-refractivity contribution is -0.119. The average Bonchev–Trinajstić information content (AvgIpc) is 3.19. The summed E-state index contributed by atoms with van der Waals surface area (Å²) in [6, 6.07) is 7.03. The molecule has 1 aromatic carbocycles. The SMILES string of the molecule is CC(C)Oc1ccccc1N(CC(=O)NC1CC1)S(C)(=O)=O. The van der Waals surface area contributed by atoms with E-state index in [0.717, 1.165) is 23.4 Å². The summed E-state index contributed by atoms with van der Waals surface area (Å²) in [6.45, 7) is 3.48. The molecule has 0 bridgehead atoms. The maximum Gasteiger partial charge on any atom is 0.240 e. The van der Waals surface area contributed by atoms with Crippen molar-refractivity contribution in [3.63, 3.8) is 0 Å². The number of anilines is 1. The Kier molecular flexibility index (Phi) is 4.95. The van der Waals surface area contributed by atoms with Gasteiger partial charge in [0.2, 0.25) is 15.9 Å². The van der Waals surface area contributed by atoms with Crippen LogP contribution in [0.4, 0.5) is 5.69 Å². The van der Waals surface area contributed by atoms with Crippen LogP contribution in [0.3, 0.4) is 0 Å². The summed E-state index contributed by atoms with van der Waals surface area (Å²) < 4.78 is 30.9. The number of sulfonamides is 1. The molecule has 0 aliphatic heterocycles. The van der Waals surface area contributed by atoms with Gasteiger partial charge >= 0.3 is 0 Å². The van der Waals surface area contributed by atoms with Gasteiger partial charge in [0.1, 0.15) is 12.3 Å². The van der Waals surface area contributed by atoms with Crippen LogP contribution in [0.2, 0.25) is 0 Å². The van der Waals surface area contributed by atoms with Gasteiger partial charge in [0.25, 0.3) is 0 Å². The third-order valence-corrected chi connectivity index (χ3v) is 4.25. The van der Waals surface area contributed by atoms with E-state index in [1.54, 1.807) is 24.3 Å². The predicted molar refractivity (Wildman–Crippen MR) is 85.6 cm³/mol. The zero-order valence-electron chi connectivity index (χ0n) is 13.1. The van der Waals surface area contributed by atoms with Crippen LogP contribution >= 0.6 is 0 Å². The van der Waals surface area contributed by atoms with Gasteiger partial charge in [-0.25, -0.2) is 8.42 Å². The minimum atomic E-state index is -3.59. The maximum absolute atomic E-state index is 12.1. The van der Waals surface area contributed by atoms with Gasteiger partial charge in [-0.3, -0.25) is 9.10 Å². The van der Waals surface area contributed by atoms with Crippen molar-refractivity contribution in [3.8, 4) is 5.75 Å². The fraction of sp³-hybridized carbons (Fsp3) is 0.533. The topological polar surface area (TPSA) is 75.7 Å². The minimum Gasteiger partial charge on any atom is -0.489 e. The molecule has 1 N–H and O–H groups in total. The molecule has 0 atom stereocenters. The summed E-state index contributed by atoms with van der Waals surface area (Å²) in [5.41, 5.74) is 0.379. The number of para-hydroxylation sites is 2. The van der Waals surface area contributed by atoms with Gasteiger partial charge in [0, 0.05) is 6.04 Å². The number of carbonyl (C=O) groups is 1. The van der Waals surface area contributed by atoms with E-state index >= 15 is 0 Å². The zero-order valence-corrected chi connectivity index (χ0v) is 13.9. The number of nitrogens with zero attached hydrogens (tertiary/aromatic N) is 1. The van der Waals surface area contributed by atoms with Crippen molar-refractivity contribution in [1.82, 2.24) is 5.32 Å². The van der Waals surface area contributed by atoms with Gasteiger partial charge in [-0.2, -0.15) is 0 Å². The molecule has 1 aliphatic carbocycles. The van der Waals surface area contributed by atoms with Crippen molar-refractivity contribution in [2.24, 2.45) is 0 Å². The Hall–Kier alpha value is -1.76. The van der Waals surface area contributed by atoms with E-state index in [2.05, 4.69) is 5.32 Å². The van der Waals surface area contributed by atoms with E-state index < -0.39 is 10.0 Å². The molecular formula is C15H22N2O4S. The Labute approximate surface area is 131 Å². The highest BCUT2D eigenvalue weighted by molar-refractivity contribution is 7.92. The zero-order chi connectivity index (χ0) is 16.3. The molecule has 1 amide bonds. The van der Waals surface area contributed by atoms with Crippen LogP contribution < -0.4 is 14.4 Å². The van der Waals surface area contributed by atoms with Crippen LogP contribution in [0.15, 0.2) is 24.3 Å². The van der Waals surface area contributed by atoms with Gasteiger partial charge in [0.15, 0.2) is 0 Å². The molecule has 1 aliphatic rings. The molecule has 2 rings (SSSR count). The van der Waals surface area contributed by atoms with Crippen molar-refractivity contribution in [2.45, 2.75) is 38.8 Å². The number of rotatable bonds is 7. The number of ether oxygens (including phenoxy) is 1. The van der Waals surface area contributed by atoms with Gasteiger partial charge in [0.05, 0.1) is 18.0 Å². The van der Waals surface area contributed by atoms with Crippen LogP contribution in [0.5, 0.6) is 5.75 Å². The van der Waals surface area contributed by atoms with Crippen LogP contribution in [0.25, 0.3) is 0 Å². The second-order valence-corrected chi connectivity index (χ2v) is 7.65. The van der Waals surface area contributed by atoms with E-state index in [0.29, 0.717) is 11.4 Å². The molecular weight excluding hydrogens is 304 g/mol. The minimum absolute atomic E-state index is 0.0946. The summed E-state index contributed by atoms with van der Waals surface area (Å²) in [7, 11) is -3.59. The first-order valence-corrected chi connectivity index (χ1v) is 9.15. The van der Waals surface area contributed by atoms with Crippen molar-refractivity contribution < 1.29 is 17.9 Å². The molecule has 0 saturated heterocycles. The highest BCUT2D eigenvalue weighted by Crippen LogP contribution is 2.30. The third-order valence-electron chi connectivity index (χ3n) is 3.13. The summed E-state index contributed by atoms with van der Waals surface area (Å²) >= 11 is 0. The van der Waals surface area contributed by atoms with Crippen molar-refractivity contribution in [3.05, 3.63) is 24.3 Å². The van der Waals surface area contributed by atoms with E-state index in [9.17, 15) is 13.2 Å². The largest absolute Gasteiger partial charge is 0.489 e. The van der Waals surface area contributed by atoms with Gasteiger partial charge in [-0.05, 0) is 38.8 Å². The Balaban J connectivity index is 2.27. The first-order chi connectivity index (χ1) is 10.3. The predicted octanol–water partition coefficient (Wildman–Crippen LogP) is 1.52. The van der Waals surface area contributed by atoms with Crippen LogP contribution in [-0.2, 0) is 14.8 Å². The summed E-state index contributed by atoms with van der Waals surface area (Å²) in [6.07, 6.45) is 2.90. The fourth-order valence-corrected chi connectivity index (χ4v) is 2.89. The average molecular weight is 326 g/mol. The summed E-state index contributed by atoms with van der Waals surface area (Å²) in [4.78, 5) is 12.0. The molecule has 1 fully saturated rings. The highest BCUT2D eigenvalue weighted by Gasteiger charge is 2.28. The number of hydrogen-bond donors (Lipinski definition) is 1. The van der Waals surface area contributed by atoms with Crippen LogP contribution in [0, 0.1) is 0 Å². The standard InChI is InChI=1S/C15H22N2O4S/c1-11(2)21-14-7-5-4-6-13(14)17(22(3,19)20)10-15(18)16-12-8-9-12/h4-7,11-12H,8-10H2,1-3H3,(H,16,18). The smallest absolute Gasteiger partial charge is 0.240 e. The monoisotopic (exact) mass is 326 g/mol. The van der Waals surface area contributed by atoms with Crippen LogP contribution in [0.1, 0.15) is 26.7 Å². The Morgan fingerprint density at radius 3 is 2.55 bits per heavy atom. The maximum atomic E-state index is 12.1. The molecule has 0 spiro atoms. The van der Waals surface area contributed by atoms with E-state index in [-0.39, 0.29) is 24.6 Å². The second-order valence-electron chi connectivity index (χ2n) is 5.75. The molecule has 6 nitrogen and oxygen atoms in total. The van der Waals surface area contributed by atoms with Crippen LogP contribution in [-0.4, -0.2) is 39.3 Å². The van der Waals surface area contributed by atoms with E-state index in [1.165, 1.54) is 0 Å². The molecule has 0 aromatic heterocycles. The molecule has 0 unspecified atom stereocenters. The van der Waals surface area contributed by atoms with Gasteiger partial charge in [-0.15, -0.1) is 0 Å². The Morgan fingerprint density at radius 1 is 1.36 bits per heavy atom. The first kappa shape index (κ1) is 16.6. The molecule has 1 aromatic rings. The molecule has 0 radical (unpaired) electrons. The summed E-state index contributed by atoms with van der Waals surface area (Å²) in [5.74, 6) is 0.148. The van der Waals surface area contributed by atoms with Crippen molar-refractivity contribution in [1.29, 1.82) is 0 Å². The normalized spacial score (nSPS) is 14.7. The van der Waals surface area contributed by atoms with Crippen molar-refractivity contribution >= 4 is 21.6 Å². The molecule has 1 saturated carbocycles. The first-order valence-electron chi connectivity index (χ1n) is 7.30. The highest BCUT2D eigenvalue weighted by atomic mass is 32.2. The fourth-order valence-electron chi connectivity index (χ4n) is 2.03. The molecule has 0 heterocycles. The van der Waals surface area contributed by atoms with Gasteiger partial charge in [-0.1, -0.05) is 12.1 Å².